The Labute approximate surface area is 121 Å². The van der Waals surface area contributed by atoms with Crippen LogP contribution in [0.15, 0.2) is 24.3 Å². The molecule has 3 N–H and O–H groups in total. The van der Waals surface area contributed by atoms with Crippen molar-refractivity contribution in [2.24, 2.45) is 5.73 Å². The van der Waals surface area contributed by atoms with Crippen molar-refractivity contribution in [1.29, 1.82) is 0 Å². The lowest BCUT2D eigenvalue weighted by atomic mass is 10.1. The maximum absolute atomic E-state index is 5.89. The van der Waals surface area contributed by atoms with E-state index in [1.54, 1.807) is 0 Å². The maximum Gasteiger partial charge on any atom is 0.119 e. The topological polar surface area (TPSA) is 59.8 Å². The van der Waals surface area contributed by atoms with Gasteiger partial charge in [-0.15, -0.1) is 0 Å². The van der Waals surface area contributed by atoms with Crippen molar-refractivity contribution in [2.45, 2.75) is 26.0 Å². The van der Waals surface area contributed by atoms with Gasteiger partial charge in [0.1, 0.15) is 5.75 Å². The lowest BCUT2D eigenvalue weighted by Gasteiger charge is -2.31. The zero-order chi connectivity index (χ0) is 14.4. The average molecular weight is 279 g/mol. The highest BCUT2D eigenvalue weighted by atomic mass is 16.5. The number of hydrazine groups is 1. The number of nitrogens with one attached hydrogen (secondary N) is 1. The Kier molecular flexibility index (Phi) is 5.79. The van der Waals surface area contributed by atoms with Crippen LogP contribution in [0.3, 0.4) is 0 Å². The number of rotatable bonds is 6. The molecule has 5 heteroatoms. The Morgan fingerprint density at radius 3 is 2.45 bits per heavy atom. The Balaban J connectivity index is 1.95. The van der Waals surface area contributed by atoms with E-state index in [9.17, 15) is 0 Å². The standard InChI is InChI=1S/C15H25N3O2/c1-12(2)20-14-5-3-13(4-6-14)15(11-16)17-18-7-9-19-10-8-18/h3-6,12,15,17H,7-11,16H2,1-2H3. The zero-order valence-corrected chi connectivity index (χ0v) is 12.3. The molecule has 0 amide bonds. The molecule has 1 atom stereocenters. The molecule has 5 nitrogen and oxygen atoms in total. The smallest absolute Gasteiger partial charge is 0.119 e. The normalized spacial score (nSPS) is 18.2. The van der Waals surface area contributed by atoms with E-state index >= 15 is 0 Å². The minimum Gasteiger partial charge on any atom is -0.491 e. The number of benzene rings is 1. The molecule has 0 saturated carbocycles. The second kappa shape index (κ2) is 7.59. The quantitative estimate of drug-likeness (QED) is 0.822. The van der Waals surface area contributed by atoms with E-state index in [-0.39, 0.29) is 12.1 Å². The van der Waals surface area contributed by atoms with Crippen LogP contribution in [0.1, 0.15) is 25.5 Å². The van der Waals surface area contributed by atoms with Crippen LogP contribution in [-0.2, 0) is 4.74 Å². The van der Waals surface area contributed by atoms with Gasteiger partial charge in [0.05, 0.1) is 25.4 Å². The van der Waals surface area contributed by atoms with E-state index < -0.39 is 0 Å². The van der Waals surface area contributed by atoms with Gasteiger partial charge < -0.3 is 15.2 Å². The second-order valence-corrected chi connectivity index (χ2v) is 5.25. The summed E-state index contributed by atoms with van der Waals surface area (Å²) >= 11 is 0. The summed E-state index contributed by atoms with van der Waals surface area (Å²) in [6.07, 6.45) is 0.192. The second-order valence-electron chi connectivity index (χ2n) is 5.25. The average Bonchev–Trinajstić information content (AvgIpc) is 2.46. The van der Waals surface area contributed by atoms with E-state index in [0.717, 1.165) is 32.1 Å². The highest BCUT2D eigenvalue weighted by Gasteiger charge is 2.16. The monoisotopic (exact) mass is 279 g/mol. The van der Waals surface area contributed by atoms with Crippen LogP contribution in [0.25, 0.3) is 0 Å². The maximum atomic E-state index is 5.89. The van der Waals surface area contributed by atoms with Crippen LogP contribution in [0, 0.1) is 0 Å². The first kappa shape index (κ1) is 15.3. The predicted octanol–water partition coefficient (Wildman–Crippen LogP) is 1.31. The Bertz CT molecular complexity index is 389. The van der Waals surface area contributed by atoms with Gasteiger partial charge >= 0.3 is 0 Å². The molecule has 2 rings (SSSR count). The Hall–Kier alpha value is -1.14. The summed E-state index contributed by atoms with van der Waals surface area (Å²) in [5.74, 6) is 0.894. The Morgan fingerprint density at radius 2 is 1.90 bits per heavy atom. The van der Waals surface area contributed by atoms with Crippen LogP contribution in [0.2, 0.25) is 0 Å². The van der Waals surface area contributed by atoms with Gasteiger partial charge in [0, 0.05) is 19.6 Å². The third-order valence-electron chi connectivity index (χ3n) is 3.24. The molecule has 1 unspecified atom stereocenters. The highest BCUT2D eigenvalue weighted by molar-refractivity contribution is 5.29. The van der Waals surface area contributed by atoms with Gasteiger partial charge in [-0.25, -0.2) is 10.4 Å². The van der Waals surface area contributed by atoms with Crippen LogP contribution >= 0.6 is 0 Å². The third-order valence-corrected chi connectivity index (χ3v) is 3.24. The van der Waals surface area contributed by atoms with Crippen molar-refractivity contribution in [3.05, 3.63) is 29.8 Å². The van der Waals surface area contributed by atoms with Crippen molar-refractivity contribution in [3.8, 4) is 5.75 Å². The minimum atomic E-state index is 0.126. The molecule has 0 radical (unpaired) electrons. The fourth-order valence-corrected chi connectivity index (χ4v) is 2.23. The van der Waals surface area contributed by atoms with E-state index in [4.69, 9.17) is 15.2 Å². The minimum absolute atomic E-state index is 0.126. The molecule has 20 heavy (non-hydrogen) atoms. The zero-order valence-electron chi connectivity index (χ0n) is 12.3. The lowest BCUT2D eigenvalue weighted by molar-refractivity contribution is 0.00404. The number of nitrogens with two attached hydrogens (primary N) is 1. The van der Waals surface area contributed by atoms with Crippen LogP contribution in [0.5, 0.6) is 5.75 Å². The summed E-state index contributed by atoms with van der Waals surface area (Å²) in [5.41, 5.74) is 10.5. The molecule has 1 aromatic rings. The van der Waals surface area contributed by atoms with E-state index in [2.05, 4.69) is 22.6 Å². The number of morpholine rings is 1. The lowest BCUT2D eigenvalue weighted by Crippen LogP contribution is -2.48. The molecule has 1 heterocycles. The van der Waals surface area contributed by atoms with E-state index in [1.807, 2.05) is 26.0 Å². The van der Waals surface area contributed by atoms with Gasteiger partial charge in [-0.3, -0.25) is 0 Å². The van der Waals surface area contributed by atoms with E-state index in [0.29, 0.717) is 6.54 Å². The van der Waals surface area contributed by atoms with E-state index in [1.165, 1.54) is 5.56 Å². The van der Waals surface area contributed by atoms with Gasteiger partial charge in [0.25, 0.3) is 0 Å². The van der Waals surface area contributed by atoms with Gasteiger partial charge in [-0.2, -0.15) is 0 Å². The van der Waals surface area contributed by atoms with Crippen molar-refractivity contribution in [2.75, 3.05) is 32.8 Å². The molecular weight excluding hydrogens is 254 g/mol. The molecule has 1 aliphatic rings. The van der Waals surface area contributed by atoms with Crippen LogP contribution in [-0.4, -0.2) is 44.0 Å². The van der Waals surface area contributed by atoms with Crippen molar-refractivity contribution >= 4 is 0 Å². The van der Waals surface area contributed by atoms with Gasteiger partial charge in [-0.1, -0.05) is 12.1 Å². The third kappa shape index (κ3) is 4.45. The Morgan fingerprint density at radius 1 is 1.25 bits per heavy atom. The summed E-state index contributed by atoms with van der Waals surface area (Å²) in [6.45, 7) is 7.93. The van der Waals surface area contributed by atoms with Gasteiger partial charge in [0.15, 0.2) is 0 Å². The number of nitrogens with zero attached hydrogens (tertiary/aromatic N) is 1. The molecule has 0 aliphatic carbocycles. The fourth-order valence-electron chi connectivity index (χ4n) is 2.23. The molecule has 112 valence electrons. The molecule has 1 fully saturated rings. The summed E-state index contributed by atoms with van der Waals surface area (Å²) < 4.78 is 11.0. The largest absolute Gasteiger partial charge is 0.491 e. The molecular formula is C15H25N3O2. The van der Waals surface area contributed by atoms with Crippen LogP contribution in [0.4, 0.5) is 0 Å². The molecule has 1 aromatic carbocycles. The number of ether oxygens (including phenoxy) is 2. The fraction of sp³-hybridized carbons (Fsp3) is 0.600. The summed E-state index contributed by atoms with van der Waals surface area (Å²) in [4.78, 5) is 0. The predicted molar refractivity (Wildman–Crippen MR) is 79.5 cm³/mol. The summed E-state index contributed by atoms with van der Waals surface area (Å²) in [5, 5.41) is 2.18. The summed E-state index contributed by atoms with van der Waals surface area (Å²) in [7, 11) is 0. The van der Waals surface area contributed by atoms with Crippen molar-refractivity contribution < 1.29 is 9.47 Å². The SMILES string of the molecule is CC(C)Oc1ccc(C(CN)NN2CCOCC2)cc1. The molecule has 0 aromatic heterocycles. The first-order chi connectivity index (χ1) is 9.69. The number of hydrogen-bond acceptors (Lipinski definition) is 5. The molecule has 1 aliphatic heterocycles. The molecule has 0 spiro atoms. The first-order valence-electron chi connectivity index (χ1n) is 7.24. The summed E-state index contributed by atoms with van der Waals surface area (Å²) in [6, 6.07) is 8.27. The van der Waals surface area contributed by atoms with Crippen LogP contribution < -0.4 is 15.9 Å². The number of hydrogen-bond donors (Lipinski definition) is 2. The van der Waals surface area contributed by atoms with Crippen molar-refractivity contribution in [3.63, 3.8) is 0 Å². The van der Waals surface area contributed by atoms with Gasteiger partial charge in [0.2, 0.25) is 0 Å². The molecule has 0 bridgehead atoms. The molecule has 1 saturated heterocycles. The van der Waals surface area contributed by atoms with Crippen molar-refractivity contribution in [1.82, 2.24) is 10.4 Å². The first-order valence-corrected chi connectivity index (χ1v) is 7.24. The highest BCUT2D eigenvalue weighted by Crippen LogP contribution is 2.18. The van der Waals surface area contributed by atoms with Gasteiger partial charge in [-0.05, 0) is 31.5 Å².